The fourth-order valence-electron chi connectivity index (χ4n) is 3.65. The highest BCUT2D eigenvalue weighted by Gasteiger charge is 2.35. The molecule has 2 aromatic rings. The number of rotatable bonds is 5. The molecule has 6 nitrogen and oxygen atoms in total. The van der Waals surface area contributed by atoms with Crippen LogP contribution in [-0.2, 0) is 22.5 Å². The van der Waals surface area contributed by atoms with Crippen LogP contribution in [0.5, 0.6) is 0 Å². The summed E-state index contributed by atoms with van der Waals surface area (Å²) in [6.07, 6.45) is -3.62. The summed E-state index contributed by atoms with van der Waals surface area (Å²) < 4.78 is 50.4. The van der Waals surface area contributed by atoms with Gasteiger partial charge in [-0.15, -0.1) is 0 Å². The molecule has 0 unspecified atom stereocenters. The van der Waals surface area contributed by atoms with Crippen molar-refractivity contribution < 1.29 is 27.1 Å². The summed E-state index contributed by atoms with van der Waals surface area (Å²) in [7, 11) is 0. The normalized spacial score (nSPS) is 17.9. The molecule has 3 heterocycles. The van der Waals surface area contributed by atoms with Crippen LogP contribution in [0.3, 0.4) is 0 Å². The summed E-state index contributed by atoms with van der Waals surface area (Å²) in [5.41, 5.74) is 1.52. The van der Waals surface area contributed by atoms with E-state index in [4.69, 9.17) is 9.15 Å². The first kappa shape index (κ1) is 20.4. The summed E-state index contributed by atoms with van der Waals surface area (Å²) in [6.45, 7) is 4.99. The molecule has 3 rings (SSSR count). The molecule has 154 valence electrons. The first-order valence-corrected chi connectivity index (χ1v) is 9.19. The number of aryl methyl sites for hydroxylation is 3. The second-order valence-corrected chi connectivity index (χ2v) is 7.05. The van der Waals surface area contributed by atoms with Crippen LogP contribution < -0.4 is 0 Å². The molecule has 0 radical (unpaired) electrons. The molecule has 0 aromatic carbocycles. The summed E-state index contributed by atoms with van der Waals surface area (Å²) in [5.74, 6) is 1.45. The highest BCUT2D eigenvalue weighted by Crippen LogP contribution is 2.31. The number of hydrogen-bond donors (Lipinski definition) is 0. The van der Waals surface area contributed by atoms with Gasteiger partial charge in [-0.1, -0.05) is 0 Å². The van der Waals surface area contributed by atoms with E-state index >= 15 is 0 Å². The molecule has 1 atom stereocenters. The Bertz CT molecular complexity index is 841. The molecule has 0 saturated carbocycles. The van der Waals surface area contributed by atoms with E-state index in [1.54, 1.807) is 18.7 Å². The Morgan fingerprint density at radius 2 is 2.04 bits per heavy atom. The molecule has 0 bridgehead atoms. The first-order valence-electron chi connectivity index (χ1n) is 9.19. The predicted octanol–water partition coefficient (Wildman–Crippen LogP) is 3.50. The zero-order valence-electron chi connectivity index (χ0n) is 16.2. The van der Waals surface area contributed by atoms with Crippen molar-refractivity contribution in [3.63, 3.8) is 0 Å². The lowest BCUT2D eigenvalue weighted by Gasteiger charge is -2.36. The lowest BCUT2D eigenvalue weighted by molar-refractivity contribution is -0.143. The van der Waals surface area contributed by atoms with Crippen molar-refractivity contribution >= 4 is 5.91 Å². The van der Waals surface area contributed by atoms with Crippen LogP contribution in [0.1, 0.15) is 40.9 Å². The predicted molar refractivity (Wildman–Crippen MR) is 94.8 cm³/mol. The van der Waals surface area contributed by atoms with E-state index < -0.39 is 18.8 Å². The highest BCUT2D eigenvalue weighted by molar-refractivity contribution is 5.77. The largest absolute Gasteiger partial charge is 0.466 e. The van der Waals surface area contributed by atoms with Crippen molar-refractivity contribution in [2.24, 2.45) is 0 Å². The number of morpholine rings is 1. The lowest BCUT2D eigenvalue weighted by Crippen LogP contribution is -2.43. The number of hydrogen-bond acceptors (Lipinski definition) is 4. The topological polar surface area (TPSA) is 60.5 Å². The Balaban J connectivity index is 1.78. The van der Waals surface area contributed by atoms with E-state index in [-0.39, 0.29) is 18.9 Å². The van der Waals surface area contributed by atoms with E-state index in [0.29, 0.717) is 36.5 Å². The molecular formula is C19H24F3N3O3. The number of alkyl halides is 3. The maximum absolute atomic E-state index is 12.8. The monoisotopic (exact) mass is 399 g/mol. The van der Waals surface area contributed by atoms with Crippen LogP contribution in [0, 0.1) is 20.8 Å². The van der Waals surface area contributed by atoms with Gasteiger partial charge in [0.05, 0.1) is 24.9 Å². The van der Waals surface area contributed by atoms with Gasteiger partial charge in [-0.3, -0.25) is 9.48 Å². The number of halogens is 3. The number of carbonyl (C=O) groups excluding carboxylic acids is 1. The van der Waals surface area contributed by atoms with Gasteiger partial charge in [0.25, 0.3) is 0 Å². The molecule has 0 N–H and O–H groups in total. The zero-order valence-corrected chi connectivity index (χ0v) is 16.2. The quantitative estimate of drug-likeness (QED) is 0.772. The third kappa shape index (κ3) is 4.57. The van der Waals surface area contributed by atoms with Gasteiger partial charge in [-0.05, 0) is 32.9 Å². The molecular weight excluding hydrogens is 375 g/mol. The molecule has 0 aliphatic carbocycles. The smallest absolute Gasteiger partial charge is 0.408 e. The van der Waals surface area contributed by atoms with E-state index in [1.807, 2.05) is 19.1 Å². The molecule has 1 aliphatic rings. The molecule has 1 aliphatic heterocycles. The maximum atomic E-state index is 12.8. The minimum atomic E-state index is -4.36. The minimum absolute atomic E-state index is 0.0790. The molecule has 28 heavy (non-hydrogen) atoms. The van der Waals surface area contributed by atoms with Crippen LogP contribution >= 0.6 is 0 Å². The Labute approximate surface area is 161 Å². The maximum Gasteiger partial charge on any atom is 0.408 e. The molecule has 2 aromatic heterocycles. The van der Waals surface area contributed by atoms with E-state index in [0.717, 1.165) is 16.2 Å². The second-order valence-electron chi connectivity index (χ2n) is 7.05. The Hall–Kier alpha value is -2.29. The van der Waals surface area contributed by atoms with Gasteiger partial charge in [-0.25, -0.2) is 0 Å². The van der Waals surface area contributed by atoms with E-state index in [9.17, 15) is 18.0 Å². The Morgan fingerprint density at radius 1 is 1.29 bits per heavy atom. The highest BCUT2D eigenvalue weighted by atomic mass is 19.4. The molecule has 9 heteroatoms. The Kier molecular flexibility index (Phi) is 5.83. The first-order chi connectivity index (χ1) is 13.2. The summed E-state index contributed by atoms with van der Waals surface area (Å²) >= 11 is 0. The summed E-state index contributed by atoms with van der Waals surface area (Å²) in [5, 5.41) is 4.05. The van der Waals surface area contributed by atoms with E-state index in [1.165, 1.54) is 0 Å². The van der Waals surface area contributed by atoms with Crippen LogP contribution in [0.25, 0.3) is 0 Å². The van der Waals surface area contributed by atoms with Gasteiger partial charge in [0.1, 0.15) is 18.1 Å². The third-order valence-corrected chi connectivity index (χ3v) is 4.93. The van der Waals surface area contributed by atoms with Crippen molar-refractivity contribution in [1.82, 2.24) is 14.7 Å². The zero-order chi connectivity index (χ0) is 20.5. The number of nitrogens with zero attached hydrogens (tertiary/aromatic N) is 3. The van der Waals surface area contributed by atoms with Crippen LogP contribution in [0.2, 0.25) is 0 Å². The van der Waals surface area contributed by atoms with Crippen molar-refractivity contribution in [2.45, 2.75) is 52.4 Å². The average Bonchev–Trinajstić information content (AvgIpc) is 3.14. The van der Waals surface area contributed by atoms with Crippen molar-refractivity contribution in [3.8, 4) is 0 Å². The van der Waals surface area contributed by atoms with Crippen molar-refractivity contribution in [3.05, 3.63) is 40.6 Å². The number of furan rings is 1. The summed E-state index contributed by atoms with van der Waals surface area (Å²) in [4.78, 5) is 14.5. The molecule has 1 fully saturated rings. The van der Waals surface area contributed by atoms with Gasteiger partial charge in [0.2, 0.25) is 5.91 Å². The van der Waals surface area contributed by atoms with Crippen LogP contribution in [0.15, 0.2) is 16.5 Å². The lowest BCUT2D eigenvalue weighted by atomic mass is 10.0. The fraction of sp³-hybridized carbons (Fsp3) is 0.579. The molecule has 1 amide bonds. The Morgan fingerprint density at radius 3 is 2.68 bits per heavy atom. The minimum Gasteiger partial charge on any atom is -0.466 e. The SMILES string of the molecule is Cc1ccc(CCC(=O)N2CCOC[C@H]2c2c(C)nn(CC(F)(F)F)c2C)o1. The standard InChI is InChI=1S/C19H24F3N3O3/c1-12-4-5-15(28-12)6-7-17(26)24-8-9-27-10-16(24)18-13(2)23-25(14(18)3)11-19(20,21)22/h4-5,16H,6-11H2,1-3H3/t16-/m0/s1. The number of carbonyl (C=O) groups is 1. The van der Waals surface area contributed by atoms with E-state index in [2.05, 4.69) is 5.10 Å². The van der Waals surface area contributed by atoms with Gasteiger partial charge < -0.3 is 14.1 Å². The van der Waals surface area contributed by atoms with Gasteiger partial charge in [0, 0.05) is 30.6 Å². The van der Waals surface area contributed by atoms with Gasteiger partial charge in [-0.2, -0.15) is 18.3 Å². The summed E-state index contributed by atoms with van der Waals surface area (Å²) in [6, 6.07) is 3.25. The number of amides is 1. The van der Waals surface area contributed by atoms with Crippen molar-refractivity contribution in [1.29, 1.82) is 0 Å². The fourth-order valence-corrected chi connectivity index (χ4v) is 3.65. The third-order valence-electron chi connectivity index (χ3n) is 4.93. The number of aromatic nitrogens is 2. The van der Waals surface area contributed by atoms with Crippen LogP contribution in [-0.4, -0.2) is 46.5 Å². The number of ether oxygens (including phenoxy) is 1. The second kappa shape index (κ2) is 7.98. The molecule has 0 spiro atoms. The van der Waals surface area contributed by atoms with Gasteiger partial charge >= 0.3 is 6.18 Å². The molecule has 1 saturated heterocycles. The van der Waals surface area contributed by atoms with Crippen LogP contribution in [0.4, 0.5) is 13.2 Å². The van der Waals surface area contributed by atoms with Crippen molar-refractivity contribution in [2.75, 3.05) is 19.8 Å². The van der Waals surface area contributed by atoms with Gasteiger partial charge in [0.15, 0.2) is 0 Å². The average molecular weight is 399 g/mol.